The maximum Gasteiger partial charge on any atom is 0.295 e. The van der Waals surface area contributed by atoms with Crippen LogP contribution in [0.1, 0.15) is 29.2 Å². The standard InChI is InChI=1S/C26H32N2O6/c1-16-15-17(32-4)11-12-18(16)23(29)21-22(19-9-7-10-20(33-5)25(19)34-6)28(26(31)24(21)30)14-8-13-27(2)3/h7,9-12,15,22,29H,8,13-14H2,1-6H3/t22-/m1/s1. The maximum atomic E-state index is 13.3. The Kier molecular flexibility index (Phi) is 7.83. The van der Waals surface area contributed by atoms with E-state index in [0.29, 0.717) is 46.9 Å². The SMILES string of the molecule is COc1ccc(C(O)=C2C(=O)C(=O)N(CCCN(C)C)[C@@H]2c2cccc(OC)c2OC)c(C)c1. The summed E-state index contributed by atoms with van der Waals surface area (Å²) in [7, 11) is 8.48. The number of carbonyl (C=O) groups excluding carboxylic acids is 2. The fourth-order valence-electron chi connectivity index (χ4n) is 4.29. The summed E-state index contributed by atoms with van der Waals surface area (Å²) in [6.45, 7) is 2.89. The number of rotatable bonds is 9. The number of likely N-dealkylation sites (tertiary alicyclic amines) is 1. The van der Waals surface area contributed by atoms with E-state index in [2.05, 4.69) is 0 Å². The number of ketones is 1. The summed E-state index contributed by atoms with van der Waals surface area (Å²) in [4.78, 5) is 30.0. The minimum Gasteiger partial charge on any atom is -0.507 e. The number of nitrogens with zero attached hydrogens (tertiary/aromatic N) is 2. The Morgan fingerprint density at radius 3 is 2.38 bits per heavy atom. The molecule has 1 amide bonds. The van der Waals surface area contributed by atoms with Crippen molar-refractivity contribution in [3.8, 4) is 17.2 Å². The fourth-order valence-corrected chi connectivity index (χ4v) is 4.29. The molecular weight excluding hydrogens is 436 g/mol. The lowest BCUT2D eigenvalue weighted by molar-refractivity contribution is -0.140. The molecule has 0 unspecified atom stereocenters. The number of amides is 1. The predicted molar refractivity (Wildman–Crippen MR) is 129 cm³/mol. The summed E-state index contributed by atoms with van der Waals surface area (Å²) in [6, 6.07) is 9.63. The molecule has 1 fully saturated rings. The van der Waals surface area contributed by atoms with Crippen LogP contribution in [0.5, 0.6) is 17.2 Å². The number of ether oxygens (including phenoxy) is 3. The van der Waals surface area contributed by atoms with Crippen molar-refractivity contribution in [3.05, 3.63) is 58.7 Å². The molecule has 3 rings (SSSR count). The summed E-state index contributed by atoms with van der Waals surface area (Å²) in [5.74, 6) is -0.104. The van der Waals surface area contributed by atoms with Gasteiger partial charge in [-0.05, 0) is 63.8 Å². The minimum atomic E-state index is -0.825. The molecule has 0 spiro atoms. The number of aryl methyl sites for hydroxylation is 1. The first kappa shape index (κ1) is 25.1. The first-order valence-electron chi connectivity index (χ1n) is 11.0. The monoisotopic (exact) mass is 468 g/mol. The van der Waals surface area contributed by atoms with Gasteiger partial charge in [-0.25, -0.2) is 0 Å². The van der Waals surface area contributed by atoms with Crippen LogP contribution in [0.4, 0.5) is 0 Å². The third kappa shape index (κ3) is 4.72. The van der Waals surface area contributed by atoms with Crippen molar-refractivity contribution in [3.63, 3.8) is 0 Å². The van der Waals surface area contributed by atoms with Crippen molar-refractivity contribution in [1.82, 2.24) is 9.80 Å². The Labute approximate surface area is 200 Å². The zero-order valence-corrected chi connectivity index (χ0v) is 20.5. The second kappa shape index (κ2) is 10.6. The predicted octanol–water partition coefficient (Wildman–Crippen LogP) is 3.39. The largest absolute Gasteiger partial charge is 0.507 e. The van der Waals surface area contributed by atoms with Gasteiger partial charge in [0.15, 0.2) is 11.5 Å². The van der Waals surface area contributed by atoms with Crippen molar-refractivity contribution in [2.45, 2.75) is 19.4 Å². The lowest BCUT2D eigenvalue weighted by atomic mass is 9.93. The normalized spacial score (nSPS) is 17.4. The second-order valence-corrected chi connectivity index (χ2v) is 8.41. The average Bonchev–Trinajstić information content (AvgIpc) is 3.07. The number of hydrogen-bond acceptors (Lipinski definition) is 7. The molecule has 1 atom stereocenters. The fraction of sp³-hybridized carbons (Fsp3) is 0.385. The molecule has 34 heavy (non-hydrogen) atoms. The molecular formula is C26H32N2O6. The number of carbonyl (C=O) groups is 2. The molecule has 0 radical (unpaired) electrons. The molecule has 1 N–H and O–H groups in total. The third-order valence-electron chi connectivity index (χ3n) is 5.96. The lowest BCUT2D eigenvalue weighted by Gasteiger charge is -2.27. The highest BCUT2D eigenvalue weighted by atomic mass is 16.5. The number of hydrogen-bond donors (Lipinski definition) is 1. The molecule has 2 aromatic rings. The molecule has 0 bridgehead atoms. The summed E-state index contributed by atoms with van der Waals surface area (Å²) in [5.41, 5.74) is 1.76. The molecule has 0 saturated carbocycles. The van der Waals surface area contributed by atoms with Gasteiger partial charge in [0.25, 0.3) is 11.7 Å². The van der Waals surface area contributed by atoms with Gasteiger partial charge >= 0.3 is 0 Å². The van der Waals surface area contributed by atoms with Crippen LogP contribution in [0.25, 0.3) is 5.76 Å². The molecule has 8 nitrogen and oxygen atoms in total. The zero-order valence-electron chi connectivity index (χ0n) is 20.5. The smallest absolute Gasteiger partial charge is 0.295 e. The van der Waals surface area contributed by atoms with Crippen LogP contribution in [0.3, 0.4) is 0 Å². The average molecular weight is 469 g/mol. The number of aliphatic hydroxyl groups excluding tert-OH is 1. The molecule has 2 aromatic carbocycles. The molecule has 1 aliphatic heterocycles. The molecule has 1 heterocycles. The molecule has 0 aliphatic carbocycles. The van der Waals surface area contributed by atoms with Gasteiger partial charge in [-0.1, -0.05) is 12.1 Å². The molecule has 0 aromatic heterocycles. The van der Waals surface area contributed by atoms with Gasteiger partial charge in [0.05, 0.1) is 32.9 Å². The van der Waals surface area contributed by atoms with Gasteiger partial charge in [0.2, 0.25) is 0 Å². The van der Waals surface area contributed by atoms with E-state index in [9.17, 15) is 14.7 Å². The van der Waals surface area contributed by atoms with Crippen LogP contribution in [0, 0.1) is 6.92 Å². The maximum absolute atomic E-state index is 13.3. The first-order chi connectivity index (χ1) is 16.2. The zero-order chi connectivity index (χ0) is 25.0. The Hall–Kier alpha value is -3.52. The Morgan fingerprint density at radius 1 is 1.06 bits per heavy atom. The summed E-state index contributed by atoms with van der Waals surface area (Å²) >= 11 is 0. The minimum absolute atomic E-state index is 0.0228. The van der Waals surface area contributed by atoms with Crippen molar-refractivity contribution in [1.29, 1.82) is 0 Å². The topological polar surface area (TPSA) is 88.5 Å². The highest BCUT2D eigenvalue weighted by Gasteiger charge is 2.47. The summed E-state index contributed by atoms with van der Waals surface area (Å²) < 4.78 is 16.3. The quantitative estimate of drug-likeness (QED) is 0.343. The van der Waals surface area contributed by atoms with Crippen LogP contribution in [0.2, 0.25) is 0 Å². The number of methoxy groups -OCH3 is 3. The van der Waals surface area contributed by atoms with E-state index in [1.807, 2.05) is 25.9 Å². The van der Waals surface area contributed by atoms with Crippen molar-refractivity contribution in [2.24, 2.45) is 0 Å². The van der Waals surface area contributed by atoms with Gasteiger partial charge in [0.1, 0.15) is 11.5 Å². The van der Waals surface area contributed by atoms with Crippen molar-refractivity contribution >= 4 is 17.4 Å². The lowest BCUT2D eigenvalue weighted by Crippen LogP contribution is -2.32. The molecule has 8 heteroatoms. The van der Waals surface area contributed by atoms with Crippen molar-refractivity contribution < 1.29 is 28.9 Å². The van der Waals surface area contributed by atoms with Crippen LogP contribution in [-0.2, 0) is 9.59 Å². The van der Waals surface area contributed by atoms with Crippen LogP contribution >= 0.6 is 0 Å². The van der Waals surface area contributed by atoms with Gasteiger partial charge in [-0.15, -0.1) is 0 Å². The molecule has 182 valence electrons. The van der Waals surface area contributed by atoms with E-state index >= 15 is 0 Å². The van der Waals surface area contributed by atoms with E-state index in [1.165, 1.54) is 19.1 Å². The Balaban J connectivity index is 2.22. The Morgan fingerprint density at radius 2 is 1.79 bits per heavy atom. The number of para-hydroxylation sites is 1. The van der Waals surface area contributed by atoms with E-state index in [-0.39, 0.29) is 11.3 Å². The van der Waals surface area contributed by atoms with Crippen LogP contribution < -0.4 is 14.2 Å². The summed E-state index contributed by atoms with van der Waals surface area (Å²) in [5, 5.41) is 11.4. The third-order valence-corrected chi connectivity index (χ3v) is 5.96. The Bertz CT molecular complexity index is 1110. The molecule has 1 aliphatic rings. The van der Waals surface area contributed by atoms with Crippen LogP contribution in [-0.4, -0.2) is 75.1 Å². The van der Waals surface area contributed by atoms with Crippen LogP contribution in [0.15, 0.2) is 42.0 Å². The van der Waals surface area contributed by atoms with Gasteiger partial charge < -0.3 is 29.1 Å². The highest BCUT2D eigenvalue weighted by molar-refractivity contribution is 6.46. The second-order valence-electron chi connectivity index (χ2n) is 8.41. The van der Waals surface area contributed by atoms with E-state index in [1.54, 1.807) is 43.5 Å². The number of aliphatic hydroxyl groups is 1. The molecule has 1 saturated heterocycles. The van der Waals surface area contributed by atoms with Gasteiger partial charge in [0, 0.05) is 17.7 Å². The highest BCUT2D eigenvalue weighted by Crippen LogP contribution is 2.45. The van der Waals surface area contributed by atoms with Gasteiger partial charge in [-0.3, -0.25) is 9.59 Å². The van der Waals surface area contributed by atoms with Crippen molar-refractivity contribution in [2.75, 3.05) is 48.5 Å². The van der Waals surface area contributed by atoms with Gasteiger partial charge in [-0.2, -0.15) is 0 Å². The number of benzene rings is 2. The number of Topliss-reactive ketones (excluding diaryl/α,β-unsaturated/α-hetero) is 1. The summed E-state index contributed by atoms with van der Waals surface area (Å²) in [6.07, 6.45) is 0.657. The van der Waals surface area contributed by atoms with E-state index < -0.39 is 17.7 Å². The first-order valence-corrected chi connectivity index (χ1v) is 11.0. The van der Waals surface area contributed by atoms with E-state index in [0.717, 1.165) is 6.54 Å². The van der Waals surface area contributed by atoms with E-state index in [4.69, 9.17) is 14.2 Å².